The Hall–Kier alpha value is -2.55. The zero-order chi connectivity index (χ0) is 35.0. The molecule has 1 heterocycles. The molecule has 3 rings (SSSR count). The van der Waals surface area contributed by atoms with Gasteiger partial charge in [0.05, 0.1) is 6.26 Å². The van der Waals surface area contributed by atoms with E-state index in [2.05, 4.69) is 26.0 Å². The molecule has 0 aromatic carbocycles. The van der Waals surface area contributed by atoms with E-state index in [-0.39, 0.29) is 36.4 Å². The van der Waals surface area contributed by atoms with Crippen LogP contribution in [-0.2, 0) is 24.4 Å². The lowest BCUT2D eigenvalue weighted by molar-refractivity contribution is -0.144. The van der Waals surface area contributed by atoms with Crippen LogP contribution in [0.25, 0.3) is 0 Å². The lowest BCUT2D eigenvalue weighted by Gasteiger charge is -2.38. The van der Waals surface area contributed by atoms with Crippen molar-refractivity contribution < 1.29 is 36.4 Å². The van der Waals surface area contributed by atoms with Gasteiger partial charge in [0.25, 0.3) is 0 Å². The average molecular weight is 677 g/mol. The topological polar surface area (TPSA) is 166 Å². The summed E-state index contributed by atoms with van der Waals surface area (Å²) in [6.07, 6.45) is 0.717. The van der Waals surface area contributed by atoms with Gasteiger partial charge in [-0.1, -0.05) is 68.2 Å². The molecule has 264 valence electrons. The molecule has 3 fully saturated rings. The van der Waals surface area contributed by atoms with Crippen molar-refractivity contribution in [1.29, 1.82) is 0 Å². The van der Waals surface area contributed by atoms with Crippen molar-refractivity contribution in [3.05, 3.63) is 0 Å². The number of piperidine rings is 1. The van der Waals surface area contributed by atoms with Crippen LogP contribution >= 0.6 is 0 Å². The van der Waals surface area contributed by atoms with Crippen LogP contribution in [0.1, 0.15) is 87.5 Å². The third-order valence-electron chi connectivity index (χ3n) is 9.80. The van der Waals surface area contributed by atoms with E-state index in [1.165, 1.54) is 4.90 Å². The maximum Gasteiger partial charge on any atom is 0.315 e. The fraction of sp³-hybridized carbons (Fsp3) is 0.871. The maximum atomic E-state index is 14.2. The Kier molecular flexibility index (Phi) is 11.4. The first-order chi connectivity index (χ1) is 20.9. The summed E-state index contributed by atoms with van der Waals surface area (Å²) in [6.45, 7) is 15.0. The third-order valence-corrected chi connectivity index (χ3v) is 10.5. The first-order valence-electron chi connectivity index (χ1n) is 16.1. The van der Waals surface area contributed by atoms with Crippen molar-refractivity contribution >= 4 is 33.8 Å². The van der Waals surface area contributed by atoms with Gasteiger partial charge in [-0.05, 0) is 40.9 Å². The van der Waals surface area contributed by atoms with Crippen molar-refractivity contribution in [3.8, 4) is 0 Å². The number of sulfonamides is 1. The van der Waals surface area contributed by atoms with E-state index in [1.807, 2.05) is 34.6 Å². The third kappa shape index (κ3) is 9.51. The van der Waals surface area contributed by atoms with Gasteiger partial charge in [-0.3, -0.25) is 14.4 Å². The van der Waals surface area contributed by atoms with Gasteiger partial charge in [0.1, 0.15) is 18.1 Å². The molecule has 12 nitrogen and oxygen atoms in total. The highest BCUT2D eigenvalue weighted by Gasteiger charge is 2.70. The molecule has 5 N–H and O–H groups in total. The van der Waals surface area contributed by atoms with E-state index < -0.39 is 81.6 Å². The molecular formula is C31H54F2N6O6S. The van der Waals surface area contributed by atoms with E-state index in [0.29, 0.717) is 0 Å². The van der Waals surface area contributed by atoms with E-state index in [0.717, 1.165) is 31.9 Å². The maximum absolute atomic E-state index is 14.2. The summed E-state index contributed by atoms with van der Waals surface area (Å²) < 4.78 is 52.9. The minimum Gasteiger partial charge on any atom is -0.352 e. The second kappa shape index (κ2) is 13.9. The fourth-order valence-electron chi connectivity index (χ4n) is 6.81. The quantitative estimate of drug-likeness (QED) is 0.213. The van der Waals surface area contributed by atoms with E-state index in [1.54, 1.807) is 20.8 Å². The van der Waals surface area contributed by atoms with Gasteiger partial charge in [-0.15, -0.1) is 0 Å². The highest BCUT2D eigenvalue weighted by atomic mass is 32.2. The molecule has 15 heteroatoms. The molecule has 2 saturated carbocycles. The van der Waals surface area contributed by atoms with Crippen LogP contribution in [0.2, 0.25) is 0 Å². The zero-order valence-corrected chi connectivity index (χ0v) is 29.4. The number of nitrogens with zero attached hydrogens (tertiary/aromatic N) is 1. The minimum absolute atomic E-state index is 0.0187. The molecular weight excluding hydrogens is 622 g/mol. The Morgan fingerprint density at radius 2 is 1.52 bits per heavy atom. The standard InChI is InChI=1S/C31H54F2N6O6S/c1-29(2,3)20(15-34-46(9,44)45)37-28(43)38-24(30(4,5)6)27(42)39-16-18-22(31(18,7)8)23(39)26(41)36-19(14-21(32)33)25(40)35-17-12-10-11-13-17/h17-24,34H,10-16H2,1-9H3,(H,35,40)(H,36,41)(H2,37,38,43)/t18-,19-,20+,22-,23-,24+/m0/s1. The van der Waals surface area contributed by atoms with Crippen molar-refractivity contribution in [2.24, 2.45) is 28.1 Å². The Labute approximate surface area is 272 Å². The van der Waals surface area contributed by atoms with Gasteiger partial charge in [-0.2, -0.15) is 0 Å². The van der Waals surface area contributed by atoms with Gasteiger partial charge in [0.2, 0.25) is 34.2 Å². The van der Waals surface area contributed by atoms with Crippen LogP contribution < -0.4 is 26.0 Å². The molecule has 0 unspecified atom stereocenters. The van der Waals surface area contributed by atoms with Gasteiger partial charge in [0.15, 0.2) is 0 Å². The number of hydrogen-bond acceptors (Lipinski definition) is 6. The molecule has 6 atom stereocenters. The van der Waals surface area contributed by atoms with E-state index in [4.69, 9.17) is 0 Å². The molecule has 2 aliphatic carbocycles. The summed E-state index contributed by atoms with van der Waals surface area (Å²) in [5.41, 5.74) is -1.63. The minimum atomic E-state index is -3.53. The number of urea groups is 1. The zero-order valence-electron chi connectivity index (χ0n) is 28.6. The van der Waals surface area contributed by atoms with Crippen molar-refractivity contribution in [2.75, 3.05) is 19.3 Å². The number of carbonyl (C=O) groups is 4. The lowest BCUT2D eigenvalue weighted by Crippen LogP contribution is -2.63. The predicted molar refractivity (Wildman–Crippen MR) is 170 cm³/mol. The molecule has 3 aliphatic rings. The van der Waals surface area contributed by atoms with Crippen LogP contribution in [-0.4, -0.2) is 93.1 Å². The lowest BCUT2D eigenvalue weighted by atomic mass is 9.85. The normalized spacial score (nSPS) is 25.0. The molecule has 1 saturated heterocycles. The van der Waals surface area contributed by atoms with Gasteiger partial charge in [-0.25, -0.2) is 26.7 Å². The number of halogens is 2. The molecule has 5 amide bonds. The predicted octanol–water partition coefficient (Wildman–Crippen LogP) is 2.35. The number of likely N-dealkylation sites (tertiary alicyclic amines) is 1. The van der Waals surface area contributed by atoms with Gasteiger partial charge < -0.3 is 26.2 Å². The molecule has 1 aliphatic heterocycles. The Morgan fingerprint density at radius 1 is 0.935 bits per heavy atom. The average Bonchev–Trinajstić information content (AvgIpc) is 3.32. The number of alkyl halides is 2. The first kappa shape index (κ1) is 37.9. The highest BCUT2D eigenvalue weighted by molar-refractivity contribution is 7.88. The smallest absolute Gasteiger partial charge is 0.315 e. The number of carbonyl (C=O) groups excluding carboxylic acids is 4. The van der Waals surface area contributed by atoms with Gasteiger partial charge >= 0.3 is 6.03 Å². The van der Waals surface area contributed by atoms with Gasteiger partial charge in [0, 0.05) is 31.6 Å². The summed E-state index contributed by atoms with van der Waals surface area (Å²) in [4.78, 5) is 55.7. The molecule has 0 aromatic rings. The number of fused-ring (bicyclic) bond motifs is 1. The first-order valence-corrected chi connectivity index (χ1v) is 18.0. The van der Waals surface area contributed by atoms with Crippen LogP contribution in [0, 0.1) is 28.1 Å². The number of hydrogen-bond donors (Lipinski definition) is 5. The summed E-state index contributed by atoms with van der Waals surface area (Å²) in [7, 11) is -3.53. The second-order valence-electron chi connectivity index (χ2n) is 16.0. The van der Waals surface area contributed by atoms with E-state index in [9.17, 15) is 36.4 Å². The second-order valence-corrected chi connectivity index (χ2v) is 17.9. The molecule has 0 aromatic heterocycles. The largest absolute Gasteiger partial charge is 0.352 e. The molecule has 0 bridgehead atoms. The SMILES string of the molecule is CC(C)(C)[C@H](NC(=O)N[C@H](CNS(C)(=O)=O)C(C)(C)C)C(=O)N1C[C@H]2[C@@H]([C@H]1C(=O)N[C@@H](CC(F)F)C(=O)NC1CCCC1)C2(C)C. The molecule has 0 radical (unpaired) electrons. The number of nitrogens with one attached hydrogen (secondary N) is 5. The van der Waals surface area contributed by atoms with Crippen molar-refractivity contribution in [1.82, 2.24) is 30.9 Å². The summed E-state index contributed by atoms with van der Waals surface area (Å²) in [6, 6.07) is -4.99. The molecule has 46 heavy (non-hydrogen) atoms. The number of rotatable bonds is 12. The Balaban J connectivity index is 1.81. The Bertz CT molecular complexity index is 1260. The Morgan fingerprint density at radius 3 is 2.02 bits per heavy atom. The monoisotopic (exact) mass is 676 g/mol. The van der Waals surface area contributed by atoms with E-state index >= 15 is 0 Å². The molecule has 0 spiro atoms. The summed E-state index contributed by atoms with van der Waals surface area (Å²) >= 11 is 0. The van der Waals surface area contributed by atoms with Crippen LogP contribution in [0.15, 0.2) is 0 Å². The van der Waals surface area contributed by atoms with Crippen molar-refractivity contribution in [2.45, 2.75) is 124 Å². The van der Waals surface area contributed by atoms with Crippen molar-refractivity contribution in [3.63, 3.8) is 0 Å². The fourth-order valence-corrected chi connectivity index (χ4v) is 7.28. The summed E-state index contributed by atoms with van der Waals surface area (Å²) in [5.74, 6) is -2.10. The van der Waals surface area contributed by atoms with Crippen LogP contribution in [0.3, 0.4) is 0 Å². The number of amides is 5. The van der Waals surface area contributed by atoms with Crippen LogP contribution in [0.4, 0.5) is 13.6 Å². The highest BCUT2D eigenvalue weighted by Crippen LogP contribution is 2.65. The summed E-state index contributed by atoms with van der Waals surface area (Å²) in [5, 5.41) is 10.9. The van der Waals surface area contributed by atoms with Crippen LogP contribution in [0.5, 0.6) is 0 Å².